The quantitative estimate of drug-likeness (QED) is 0.748. The third kappa shape index (κ3) is 2.64. The van der Waals surface area contributed by atoms with Crippen LogP contribution in [0.1, 0.15) is 34.6 Å². The number of nitrogens with two attached hydrogens (primary N) is 1. The molecule has 0 aromatic rings. The lowest BCUT2D eigenvalue weighted by Crippen LogP contribution is -2.76. The average molecular weight is 232 g/mol. The first kappa shape index (κ1) is 13.2. The highest BCUT2D eigenvalue weighted by Gasteiger charge is 2.53. The van der Waals surface area contributed by atoms with Gasteiger partial charge in [0.1, 0.15) is 11.3 Å². The van der Waals surface area contributed by atoms with Gasteiger partial charge in [0.05, 0.1) is 5.54 Å². The van der Waals surface area contributed by atoms with Gasteiger partial charge in [0, 0.05) is 13.1 Å². The van der Waals surface area contributed by atoms with E-state index in [1.807, 2.05) is 0 Å². The summed E-state index contributed by atoms with van der Waals surface area (Å²) in [5.74, 6) is 0. The van der Waals surface area contributed by atoms with E-state index in [9.17, 15) is 9.18 Å². The zero-order valence-electron chi connectivity index (χ0n) is 10.6. The molecule has 2 N–H and O–H groups in total. The number of hydrogen-bond acceptors (Lipinski definition) is 3. The Hall–Kier alpha value is -0.840. The number of carbonyl (C=O) groups is 1. The summed E-state index contributed by atoms with van der Waals surface area (Å²) in [4.78, 5) is 13.0. The Morgan fingerprint density at radius 3 is 2.06 bits per heavy atom. The Labute approximate surface area is 95.9 Å². The normalized spacial score (nSPS) is 20.3. The number of ether oxygens (including phenoxy) is 1. The summed E-state index contributed by atoms with van der Waals surface area (Å²) in [6.07, 6.45) is -0.433. The zero-order valence-corrected chi connectivity index (χ0v) is 10.6. The monoisotopic (exact) mass is 232 g/mol. The molecule has 1 saturated heterocycles. The molecule has 1 rings (SSSR count). The first-order valence-electron chi connectivity index (χ1n) is 5.40. The molecule has 4 nitrogen and oxygen atoms in total. The lowest BCUT2D eigenvalue weighted by Gasteiger charge is -2.52. The fraction of sp³-hybridized carbons (Fsp3) is 0.909. The van der Waals surface area contributed by atoms with Crippen LogP contribution < -0.4 is 5.73 Å². The molecule has 1 amide bonds. The summed E-state index contributed by atoms with van der Waals surface area (Å²) in [6, 6.07) is 0. The highest BCUT2D eigenvalue weighted by atomic mass is 19.1. The molecule has 1 aliphatic heterocycles. The SMILES string of the molecule is CC(C)(C)OC(=O)N1CC(N)(C(C)(C)F)C1. The van der Waals surface area contributed by atoms with Crippen LogP contribution in [0.4, 0.5) is 9.18 Å². The van der Waals surface area contributed by atoms with Crippen LogP contribution in [0.15, 0.2) is 0 Å². The molecule has 94 valence electrons. The minimum Gasteiger partial charge on any atom is -0.444 e. The molecule has 0 unspecified atom stereocenters. The van der Waals surface area contributed by atoms with Crippen molar-refractivity contribution in [3.05, 3.63) is 0 Å². The van der Waals surface area contributed by atoms with Crippen molar-refractivity contribution in [1.29, 1.82) is 0 Å². The molecule has 0 saturated carbocycles. The van der Waals surface area contributed by atoms with Gasteiger partial charge in [0.15, 0.2) is 0 Å². The fourth-order valence-corrected chi connectivity index (χ4v) is 1.47. The summed E-state index contributed by atoms with van der Waals surface area (Å²) in [5.41, 5.74) is 2.87. The Balaban J connectivity index is 2.51. The summed E-state index contributed by atoms with van der Waals surface area (Å²) >= 11 is 0. The van der Waals surface area contributed by atoms with Gasteiger partial charge in [0.25, 0.3) is 0 Å². The molecule has 0 aromatic heterocycles. The number of likely N-dealkylation sites (tertiary alicyclic amines) is 1. The minimum atomic E-state index is -1.49. The maximum Gasteiger partial charge on any atom is 0.410 e. The Kier molecular flexibility index (Phi) is 2.96. The van der Waals surface area contributed by atoms with E-state index in [4.69, 9.17) is 10.5 Å². The summed E-state index contributed by atoms with van der Waals surface area (Å²) in [7, 11) is 0. The number of alkyl halides is 1. The van der Waals surface area contributed by atoms with Gasteiger partial charge in [-0.25, -0.2) is 9.18 Å². The predicted octanol–water partition coefficient (Wildman–Crippen LogP) is 1.68. The fourth-order valence-electron chi connectivity index (χ4n) is 1.47. The van der Waals surface area contributed by atoms with E-state index >= 15 is 0 Å². The molecule has 1 aliphatic rings. The van der Waals surface area contributed by atoms with Crippen molar-refractivity contribution in [3.8, 4) is 0 Å². The second kappa shape index (κ2) is 3.58. The standard InChI is InChI=1S/C11H21FN2O2/c1-9(2,3)16-8(15)14-6-11(13,7-14)10(4,5)12/h6-7,13H2,1-5H3. The van der Waals surface area contributed by atoms with Gasteiger partial charge in [-0.3, -0.25) is 0 Å². The van der Waals surface area contributed by atoms with Gasteiger partial charge in [-0.2, -0.15) is 0 Å². The molecular formula is C11H21FN2O2. The van der Waals surface area contributed by atoms with Gasteiger partial charge in [-0.05, 0) is 34.6 Å². The van der Waals surface area contributed by atoms with Crippen LogP contribution in [-0.4, -0.2) is 40.9 Å². The third-order valence-corrected chi connectivity index (χ3v) is 2.78. The van der Waals surface area contributed by atoms with Crippen LogP contribution >= 0.6 is 0 Å². The van der Waals surface area contributed by atoms with Gasteiger partial charge in [0.2, 0.25) is 0 Å². The van der Waals surface area contributed by atoms with Gasteiger partial charge >= 0.3 is 6.09 Å². The highest BCUT2D eigenvalue weighted by Crippen LogP contribution is 2.33. The van der Waals surface area contributed by atoms with E-state index in [-0.39, 0.29) is 13.1 Å². The zero-order chi connectivity index (χ0) is 12.8. The maximum absolute atomic E-state index is 13.7. The number of rotatable bonds is 1. The Morgan fingerprint density at radius 1 is 1.31 bits per heavy atom. The number of carbonyl (C=O) groups excluding carboxylic acids is 1. The predicted molar refractivity (Wildman–Crippen MR) is 59.9 cm³/mol. The van der Waals surface area contributed by atoms with E-state index in [1.54, 1.807) is 20.8 Å². The van der Waals surface area contributed by atoms with Crippen LogP contribution in [0.2, 0.25) is 0 Å². The largest absolute Gasteiger partial charge is 0.444 e. The molecule has 1 heterocycles. The summed E-state index contributed by atoms with van der Waals surface area (Å²) in [5, 5.41) is 0. The van der Waals surface area contributed by atoms with Crippen molar-refractivity contribution >= 4 is 6.09 Å². The van der Waals surface area contributed by atoms with E-state index in [2.05, 4.69) is 0 Å². The summed E-state index contributed by atoms with van der Waals surface area (Å²) in [6.45, 7) is 8.63. The van der Waals surface area contributed by atoms with Crippen molar-refractivity contribution in [2.45, 2.75) is 51.4 Å². The van der Waals surface area contributed by atoms with Gasteiger partial charge in [-0.1, -0.05) is 0 Å². The first-order valence-corrected chi connectivity index (χ1v) is 5.40. The highest BCUT2D eigenvalue weighted by molar-refractivity contribution is 5.70. The van der Waals surface area contributed by atoms with E-state index in [0.717, 1.165) is 0 Å². The van der Waals surface area contributed by atoms with E-state index in [0.29, 0.717) is 0 Å². The number of nitrogens with zero attached hydrogens (tertiary/aromatic N) is 1. The van der Waals surface area contributed by atoms with Crippen LogP contribution in [0.5, 0.6) is 0 Å². The van der Waals surface area contributed by atoms with Gasteiger partial charge < -0.3 is 15.4 Å². The van der Waals surface area contributed by atoms with Crippen LogP contribution in [0.3, 0.4) is 0 Å². The third-order valence-electron chi connectivity index (χ3n) is 2.78. The molecular weight excluding hydrogens is 211 g/mol. The van der Waals surface area contributed by atoms with Crippen molar-refractivity contribution in [3.63, 3.8) is 0 Å². The average Bonchev–Trinajstić information content (AvgIpc) is 1.92. The molecule has 5 heteroatoms. The summed E-state index contributed by atoms with van der Waals surface area (Å²) < 4.78 is 18.8. The van der Waals surface area contributed by atoms with Crippen LogP contribution in [0, 0.1) is 0 Å². The van der Waals surface area contributed by atoms with Crippen molar-refractivity contribution in [2.75, 3.05) is 13.1 Å². The second-order valence-corrected chi connectivity index (χ2v) is 5.96. The smallest absolute Gasteiger partial charge is 0.410 e. The van der Waals surface area contributed by atoms with Gasteiger partial charge in [-0.15, -0.1) is 0 Å². The van der Waals surface area contributed by atoms with Crippen molar-refractivity contribution in [2.24, 2.45) is 5.73 Å². The number of amides is 1. The first-order chi connectivity index (χ1) is 6.95. The molecule has 0 atom stereocenters. The van der Waals surface area contributed by atoms with Crippen LogP contribution in [-0.2, 0) is 4.74 Å². The van der Waals surface area contributed by atoms with E-state index < -0.39 is 22.9 Å². The molecule has 0 spiro atoms. The topological polar surface area (TPSA) is 55.6 Å². The molecule has 0 aliphatic carbocycles. The van der Waals surface area contributed by atoms with E-state index in [1.165, 1.54) is 18.7 Å². The maximum atomic E-state index is 13.7. The van der Waals surface area contributed by atoms with Crippen molar-refractivity contribution in [1.82, 2.24) is 4.90 Å². The second-order valence-electron chi connectivity index (χ2n) is 5.96. The number of hydrogen-bond donors (Lipinski definition) is 1. The Morgan fingerprint density at radius 2 is 1.75 bits per heavy atom. The lowest BCUT2D eigenvalue weighted by atomic mass is 9.78. The Bertz CT molecular complexity index is 285. The minimum absolute atomic E-state index is 0.200. The lowest BCUT2D eigenvalue weighted by molar-refractivity contribution is -0.0495. The molecule has 0 radical (unpaired) electrons. The van der Waals surface area contributed by atoms with Crippen molar-refractivity contribution < 1.29 is 13.9 Å². The number of halogens is 1. The molecule has 0 aromatic carbocycles. The molecule has 0 bridgehead atoms. The molecule has 16 heavy (non-hydrogen) atoms. The molecule has 1 fully saturated rings. The van der Waals surface area contributed by atoms with Crippen LogP contribution in [0.25, 0.3) is 0 Å².